The van der Waals surface area contributed by atoms with Gasteiger partial charge in [-0.25, -0.2) is 9.59 Å². The van der Waals surface area contributed by atoms with Crippen molar-refractivity contribution >= 4 is 11.9 Å². The molecule has 1 atom stereocenters. The van der Waals surface area contributed by atoms with Gasteiger partial charge in [0.1, 0.15) is 17.6 Å². The van der Waals surface area contributed by atoms with Crippen LogP contribution in [0.1, 0.15) is 53.8 Å². The number of ether oxygens (including phenoxy) is 2. The molecule has 3 rings (SSSR count). The van der Waals surface area contributed by atoms with Gasteiger partial charge in [-0.1, -0.05) is 12.1 Å². The molecule has 0 amide bonds. The van der Waals surface area contributed by atoms with Crippen molar-refractivity contribution in [2.24, 2.45) is 0 Å². The van der Waals surface area contributed by atoms with Crippen LogP contribution in [-0.4, -0.2) is 31.3 Å². The molecule has 2 radical (unpaired) electrons. The van der Waals surface area contributed by atoms with Crippen LogP contribution in [0.15, 0.2) is 48.5 Å². The fraction of sp³-hybridized carbons (Fsp3) is 0.333. The van der Waals surface area contributed by atoms with Crippen LogP contribution < -0.4 is 9.47 Å². The Morgan fingerprint density at radius 3 is 2.06 bits per heavy atom. The van der Waals surface area contributed by atoms with Gasteiger partial charge in [0, 0.05) is 0 Å². The molecule has 0 aromatic heterocycles. The second kappa shape index (κ2) is 12.1. The maximum absolute atomic E-state index is 12.3. The standard InChI is InChI=1S/C24H26O8/c1-3-27-19-11-7-9-17(15-19)23(25)31-29-21-13-5-6-14-22(21)30-32-24(26)18-10-8-12-20(16-18)28-4-2/h5,7-12,15-16,21H,3-4,6,13-14H2,1-2H3. The molecule has 0 bridgehead atoms. The topological polar surface area (TPSA) is 89.5 Å². The molecular formula is C24H26O8. The van der Waals surface area contributed by atoms with E-state index in [0.29, 0.717) is 49.2 Å². The van der Waals surface area contributed by atoms with Gasteiger partial charge in [-0.05, 0) is 75.9 Å². The lowest BCUT2D eigenvalue weighted by molar-refractivity contribution is -0.317. The summed E-state index contributed by atoms with van der Waals surface area (Å²) in [4.78, 5) is 45.2. The third kappa shape index (κ3) is 6.70. The highest BCUT2D eigenvalue weighted by molar-refractivity contribution is 5.89. The molecule has 0 spiro atoms. The average molecular weight is 442 g/mol. The normalized spacial score (nSPS) is 16.2. The molecule has 8 heteroatoms. The van der Waals surface area contributed by atoms with Gasteiger partial charge in [0.25, 0.3) is 0 Å². The Morgan fingerprint density at radius 1 is 0.875 bits per heavy atom. The van der Waals surface area contributed by atoms with Crippen molar-refractivity contribution in [3.63, 3.8) is 0 Å². The first-order valence-electron chi connectivity index (χ1n) is 10.5. The van der Waals surface area contributed by atoms with Crippen LogP contribution in [0.2, 0.25) is 0 Å². The number of carbonyl (C=O) groups is 2. The first kappa shape index (κ1) is 23.6. The molecule has 32 heavy (non-hydrogen) atoms. The minimum atomic E-state index is -0.690. The third-order valence-electron chi connectivity index (χ3n) is 4.56. The Balaban J connectivity index is 1.53. The first-order chi connectivity index (χ1) is 15.6. The van der Waals surface area contributed by atoms with E-state index in [4.69, 9.17) is 29.0 Å². The number of benzene rings is 2. The minimum absolute atomic E-state index is 0.289. The molecule has 1 aliphatic rings. The minimum Gasteiger partial charge on any atom is -0.494 e. The highest BCUT2D eigenvalue weighted by Crippen LogP contribution is 2.30. The smallest absolute Gasteiger partial charge is 0.373 e. The SMILES string of the molecule is CCOc1cccc(C(=O)OO[C]2CC[CH]CC2OOC(=O)c2cccc(OCC)c2)c1. The van der Waals surface area contributed by atoms with Crippen LogP contribution in [0.25, 0.3) is 0 Å². The molecule has 1 fully saturated rings. The second-order valence-corrected chi connectivity index (χ2v) is 6.86. The summed E-state index contributed by atoms with van der Waals surface area (Å²) >= 11 is 0. The summed E-state index contributed by atoms with van der Waals surface area (Å²) in [5.74, 6) is -0.217. The van der Waals surface area contributed by atoms with Crippen LogP contribution >= 0.6 is 0 Å². The summed E-state index contributed by atoms with van der Waals surface area (Å²) in [6, 6.07) is 13.2. The summed E-state index contributed by atoms with van der Waals surface area (Å²) in [5.41, 5.74) is 0.579. The Morgan fingerprint density at radius 2 is 1.47 bits per heavy atom. The largest absolute Gasteiger partial charge is 0.494 e. The van der Waals surface area contributed by atoms with Crippen molar-refractivity contribution in [3.05, 3.63) is 72.2 Å². The van der Waals surface area contributed by atoms with Gasteiger partial charge in [0.2, 0.25) is 0 Å². The van der Waals surface area contributed by atoms with Gasteiger partial charge < -0.3 is 9.47 Å². The molecule has 2 aromatic carbocycles. The molecule has 8 nitrogen and oxygen atoms in total. The average Bonchev–Trinajstić information content (AvgIpc) is 2.82. The van der Waals surface area contributed by atoms with Crippen molar-refractivity contribution in [1.29, 1.82) is 0 Å². The van der Waals surface area contributed by atoms with Crippen LogP contribution in [0.5, 0.6) is 11.5 Å². The molecule has 170 valence electrons. The van der Waals surface area contributed by atoms with Crippen LogP contribution in [-0.2, 0) is 19.6 Å². The van der Waals surface area contributed by atoms with Crippen molar-refractivity contribution in [2.45, 2.75) is 39.2 Å². The molecule has 0 heterocycles. The molecule has 0 saturated heterocycles. The Kier molecular flexibility index (Phi) is 8.89. The fourth-order valence-corrected chi connectivity index (χ4v) is 3.04. The van der Waals surface area contributed by atoms with Crippen LogP contribution in [0.3, 0.4) is 0 Å². The molecule has 2 aromatic rings. The van der Waals surface area contributed by atoms with Crippen molar-refractivity contribution < 1.29 is 38.6 Å². The first-order valence-corrected chi connectivity index (χ1v) is 10.5. The van der Waals surface area contributed by atoms with E-state index in [1.807, 2.05) is 20.3 Å². The van der Waals surface area contributed by atoms with Crippen LogP contribution in [0, 0.1) is 12.5 Å². The van der Waals surface area contributed by atoms with E-state index in [1.54, 1.807) is 48.5 Å². The number of hydrogen-bond acceptors (Lipinski definition) is 8. The Hall–Kier alpha value is -3.10. The molecule has 0 aliphatic heterocycles. The summed E-state index contributed by atoms with van der Waals surface area (Å²) in [7, 11) is 0. The predicted molar refractivity (Wildman–Crippen MR) is 113 cm³/mol. The maximum atomic E-state index is 12.3. The highest BCUT2D eigenvalue weighted by atomic mass is 17.2. The lowest BCUT2D eigenvalue weighted by atomic mass is 9.95. The zero-order valence-electron chi connectivity index (χ0n) is 18.1. The molecule has 0 N–H and O–H groups in total. The summed E-state index contributed by atoms with van der Waals surface area (Å²) in [6.07, 6.45) is 3.28. The fourth-order valence-electron chi connectivity index (χ4n) is 3.04. The quantitative estimate of drug-likeness (QED) is 0.388. The van der Waals surface area contributed by atoms with E-state index in [-0.39, 0.29) is 5.56 Å². The zero-order chi connectivity index (χ0) is 22.8. The predicted octanol–water partition coefficient (Wildman–Crippen LogP) is 4.65. The van der Waals surface area contributed by atoms with Crippen molar-refractivity contribution in [2.75, 3.05) is 13.2 Å². The third-order valence-corrected chi connectivity index (χ3v) is 4.56. The summed E-state index contributed by atoms with van der Waals surface area (Å²) in [6.45, 7) is 4.68. The van der Waals surface area contributed by atoms with Gasteiger partial charge in [-0.3, -0.25) is 9.78 Å². The van der Waals surface area contributed by atoms with Gasteiger partial charge in [-0.15, -0.1) is 0 Å². The zero-order valence-corrected chi connectivity index (χ0v) is 18.1. The van der Waals surface area contributed by atoms with Gasteiger partial charge >= 0.3 is 11.9 Å². The summed E-state index contributed by atoms with van der Waals surface area (Å²) in [5, 5.41) is 0. The van der Waals surface area contributed by atoms with E-state index in [2.05, 4.69) is 0 Å². The van der Waals surface area contributed by atoms with Gasteiger partial charge in [0.15, 0.2) is 6.10 Å². The Labute approximate surface area is 187 Å². The van der Waals surface area contributed by atoms with E-state index >= 15 is 0 Å². The lowest BCUT2D eigenvalue weighted by Gasteiger charge is -2.26. The summed E-state index contributed by atoms with van der Waals surface area (Å²) < 4.78 is 10.8. The maximum Gasteiger partial charge on any atom is 0.373 e. The van der Waals surface area contributed by atoms with E-state index in [1.165, 1.54) is 0 Å². The number of rotatable bonds is 10. The number of carbonyl (C=O) groups excluding carboxylic acids is 2. The monoisotopic (exact) mass is 442 g/mol. The highest BCUT2D eigenvalue weighted by Gasteiger charge is 2.33. The second-order valence-electron chi connectivity index (χ2n) is 6.86. The van der Waals surface area contributed by atoms with E-state index in [9.17, 15) is 9.59 Å². The van der Waals surface area contributed by atoms with Gasteiger partial charge in [-0.2, -0.15) is 9.78 Å². The van der Waals surface area contributed by atoms with Crippen molar-refractivity contribution in [1.82, 2.24) is 0 Å². The van der Waals surface area contributed by atoms with Crippen molar-refractivity contribution in [3.8, 4) is 11.5 Å². The molecule has 1 unspecified atom stereocenters. The molecular weight excluding hydrogens is 416 g/mol. The molecule has 1 saturated carbocycles. The molecule has 1 aliphatic carbocycles. The van der Waals surface area contributed by atoms with Crippen LogP contribution in [0.4, 0.5) is 0 Å². The van der Waals surface area contributed by atoms with Gasteiger partial charge in [0.05, 0.1) is 24.3 Å². The van der Waals surface area contributed by atoms with E-state index in [0.717, 1.165) is 6.42 Å². The van der Waals surface area contributed by atoms with E-state index < -0.39 is 18.0 Å². The number of hydrogen-bond donors (Lipinski definition) is 0. The lowest BCUT2D eigenvalue weighted by Crippen LogP contribution is -2.30. The Bertz CT molecular complexity index is 824.